The molecule has 2 N–H and O–H groups in total. The highest BCUT2D eigenvalue weighted by atomic mass is 79.9. The lowest BCUT2D eigenvalue weighted by Gasteiger charge is -2.05. The first-order valence-electron chi connectivity index (χ1n) is 4.82. The molecule has 2 rings (SSSR count). The Morgan fingerprint density at radius 2 is 2.17 bits per heavy atom. The summed E-state index contributed by atoms with van der Waals surface area (Å²) in [6, 6.07) is 6.19. The van der Waals surface area contributed by atoms with Crippen LogP contribution < -0.4 is 5.56 Å². The van der Waals surface area contributed by atoms with Gasteiger partial charge in [0.2, 0.25) is 0 Å². The normalized spacial score (nSPS) is 10.3. The summed E-state index contributed by atoms with van der Waals surface area (Å²) in [5.41, 5.74) is -0.123. The van der Waals surface area contributed by atoms with Gasteiger partial charge in [0.05, 0.1) is 5.56 Å². The van der Waals surface area contributed by atoms with Gasteiger partial charge in [0.15, 0.2) is 5.16 Å². The maximum atomic E-state index is 11.1. The summed E-state index contributed by atoms with van der Waals surface area (Å²) in [5.74, 6) is -1.03. The number of rotatable bonds is 3. The third kappa shape index (κ3) is 2.99. The Labute approximate surface area is 114 Å². The second kappa shape index (κ2) is 5.36. The minimum atomic E-state index is -1.03. The molecule has 7 heteroatoms. The average Bonchev–Trinajstić information content (AvgIpc) is 2.31. The minimum Gasteiger partial charge on any atom is -0.478 e. The van der Waals surface area contributed by atoms with Crippen LogP contribution >= 0.6 is 27.7 Å². The van der Waals surface area contributed by atoms with E-state index in [4.69, 9.17) is 5.11 Å². The molecular weight excluding hydrogens is 320 g/mol. The Morgan fingerprint density at radius 1 is 1.39 bits per heavy atom. The predicted molar refractivity (Wildman–Crippen MR) is 70.1 cm³/mol. The lowest BCUT2D eigenvalue weighted by Crippen LogP contribution is -2.06. The van der Waals surface area contributed by atoms with Crippen molar-refractivity contribution in [3.05, 3.63) is 50.9 Å². The Kier molecular flexibility index (Phi) is 3.83. The van der Waals surface area contributed by atoms with Crippen LogP contribution in [0.1, 0.15) is 10.4 Å². The third-order valence-electron chi connectivity index (χ3n) is 2.03. The molecule has 0 fully saturated rings. The van der Waals surface area contributed by atoms with Crippen molar-refractivity contribution in [3.63, 3.8) is 0 Å². The van der Waals surface area contributed by atoms with Crippen molar-refractivity contribution >= 4 is 33.7 Å². The zero-order valence-electron chi connectivity index (χ0n) is 8.88. The molecule has 0 unspecified atom stereocenters. The van der Waals surface area contributed by atoms with E-state index in [1.165, 1.54) is 18.3 Å². The van der Waals surface area contributed by atoms with Crippen molar-refractivity contribution in [2.24, 2.45) is 0 Å². The molecule has 0 aliphatic carbocycles. The van der Waals surface area contributed by atoms with E-state index in [0.29, 0.717) is 14.5 Å². The van der Waals surface area contributed by atoms with E-state index in [9.17, 15) is 9.59 Å². The Morgan fingerprint density at radius 3 is 2.83 bits per heavy atom. The molecule has 1 heterocycles. The van der Waals surface area contributed by atoms with Crippen molar-refractivity contribution in [2.75, 3.05) is 0 Å². The number of aromatic carboxylic acids is 1. The van der Waals surface area contributed by atoms with Gasteiger partial charge in [-0.15, -0.1) is 0 Å². The summed E-state index contributed by atoms with van der Waals surface area (Å²) in [6.07, 6.45) is 1.38. The fraction of sp³-hybridized carbons (Fsp3) is 0. The van der Waals surface area contributed by atoms with Crippen LogP contribution in [-0.2, 0) is 0 Å². The number of H-pyrrole nitrogens is 1. The second-order valence-electron chi connectivity index (χ2n) is 3.29. The smallest absolute Gasteiger partial charge is 0.336 e. The molecule has 0 spiro atoms. The summed E-state index contributed by atoms with van der Waals surface area (Å²) in [7, 11) is 0. The molecule has 5 nitrogen and oxygen atoms in total. The molecule has 2 aromatic rings. The fourth-order valence-electron chi connectivity index (χ4n) is 1.27. The predicted octanol–water partition coefficient (Wildman–Crippen LogP) is 2.38. The molecule has 0 radical (unpaired) electrons. The number of aromatic amines is 1. The van der Waals surface area contributed by atoms with Crippen molar-refractivity contribution in [1.29, 1.82) is 0 Å². The van der Waals surface area contributed by atoms with Crippen molar-refractivity contribution < 1.29 is 9.90 Å². The number of nitrogens with zero attached hydrogens (tertiary/aromatic N) is 1. The van der Waals surface area contributed by atoms with Crippen LogP contribution in [0.15, 0.2) is 49.8 Å². The molecule has 0 aliphatic heterocycles. The molecule has 1 aromatic heterocycles. The van der Waals surface area contributed by atoms with Crippen molar-refractivity contribution in [3.8, 4) is 0 Å². The number of halogens is 1. The van der Waals surface area contributed by atoms with Crippen LogP contribution in [0.5, 0.6) is 0 Å². The summed E-state index contributed by atoms with van der Waals surface area (Å²) in [5, 5.41) is 9.45. The highest BCUT2D eigenvalue weighted by molar-refractivity contribution is 9.10. The first-order valence-corrected chi connectivity index (χ1v) is 6.43. The van der Waals surface area contributed by atoms with Gasteiger partial charge in [0, 0.05) is 21.6 Å². The number of carbonyl (C=O) groups is 1. The van der Waals surface area contributed by atoms with Crippen LogP contribution in [0.4, 0.5) is 0 Å². The van der Waals surface area contributed by atoms with Gasteiger partial charge in [0.1, 0.15) is 0 Å². The van der Waals surface area contributed by atoms with E-state index in [1.807, 2.05) is 0 Å². The number of carboxylic acids is 1. The van der Waals surface area contributed by atoms with Crippen LogP contribution in [-0.4, -0.2) is 21.0 Å². The van der Waals surface area contributed by atoms with Crippen LogP contribution in [0, 0.1) is 0 Å². The molecule has 0 bridgehead atoms. The van der Waals surface area contributed by atoms with Crippen LogP contribution in [0.2, 0.25) is 0 Å². The number of hydrogen-bond donors (Lipinski definition) is 2. The Bertz CT molecular complexity index is 657. The average molecular weight is 327 g/mol. The molecule has 1 aromatic carbocycles. The van der Waals surface area contributed by atoms with Gasteiger partial charge in [-0.3, -0.25) is 4.79 Å². The molecule has 0 aliphatic rings. The molecule has 92 valence electrons. The molecule has 0 saturated heterocycles. The lowest BCUT2D eigenvalue weighted by molar-refractivity contribution is 0.0693. The van der Waals surface area contributed by atoms with E-state index >= 15 is 0 Å². The molecular formula is C11H7BrN2O3S. The molecule has 0 saturated carbocycles. The number of benzene rings is 1. The number of nitrogens with one attached hydrogen (secondary N) is 1. The zero-order chi connectivity index (χ0) is 13.1. The van der Waals surface area contributed by atoms with Gasteiger partial charge in [-0.1, -0.05) is 27.7 Å². The maximum Gasteiger partial charge on any atom is 0.336 e. The minimum absolute atomic E-state index is 0.154. The SMILES string of the molecule is O=C(O)c1cc(Br)ccc1Sc1nccc(=O)[nH]1. The van der Waals surface area contributed by atoms with E-state index < -0.39 is 5.97 Å². The largest absolute Gasteiger partial charge is 0.478 e. The van der Waals surface area contributed by atoms with E-state index in [-0.39, 0.29) is 11.1 Å². The highest BCUT2D eigenvalue weighted by Crippen LogP contribution is 2.29. The quantitative estimate of drug-likeness (QED) is 0.846. The molecule has 18 heavy (non-hydrogen) atoms. The topological polar surface area (TPSA) is 83.0 Å². The van der Waals surface area contributed by atoms with Gasteiger partial charge in [-0.2, -0.15) is 0 Å². The first kappa shape index (κ1) is 12.8. The van der Waals surface area contributed by atoms with Crippen molar-refractivity contribution in [2.45, 2.75) is 10.1 Å². The van der Waals surface area contributed by atoms with Gasteiger partial charge in [0.25, 0.3) is 5.56 Å². The summed E-state index contributed by atoms with van der Waals surface area (Å²) in [6.45, 7) is 0. The third-order valence-corrected chi connectivity index (χ3v) is 3.50. The molecule has 0 amide bonds. The van der Waals surface area contributed by atoms with Crippen LogP contribution in [0.3, 0.4) is 0 Å². The number of hydrogen-bond acceptors (Lipinski definition) is 4. The Balaban J connectivity index is 2.40. The first-order chi connectivity index (χ1) is 8.56. The van der Waals surface area contributed by atoms with Gasteiger partial charge < -0.3 is 10.1 Å². The summed E-state index contributed by atoms with van der Waals surface area (Å²) < 4.78 is 0.679. The van der Waals surface area contributed by atoms with E-state index in [2.05, 4.69) is 25.9 Å². The summed E-state index contributed by atoms with van der Waals surface area (Å²) >= 11 is 4.31. The van der Waals surface area contributed by atoms with Crippen LogP contribution in [0.25, 0.3) is 0 Å². The maximum absolute atomic E-state index is 11.1. The fourth-order valence-corrected chi connectivity index (χ4v) is 2.49. The monoisotopic (exact) mass is 326 g/mol. The van der Waals surface area contributed by atoms with E-state index in [1.54, 1.807) is 12.1 Å². The van der Waals surface area contributed by atoms with Gasteiger partial charge >= 0.3 is 5.97 Å². The Hall–Kier alpha value is -1.60. The zero-order valence-corrected chi connectivity index (χ0v) is 11.3. The second-order valence-corrected chi connectivity index (χ2v) is 5.23. The van der Waals surface area contributed by atoms with E-state index in [0.717, 1.165) is 11.8 Å². The standard InChI is InChI=1S/C11H7BrN2O3S/c12-6-1-2-8(7(5-6)10(16)17)18-11-13-4-3-9(15)14-11/h1-5H,(H,16,17)(H,13,14,15). The number of aromatic nitrogens is 2. The molecule has 0 atom stereocenters. The number of carboxylic acid groups (broad SMARTS) is 1. The lowest BCUT2D eigenvalue weighted by atomic mass is 10.2. The van der Waals surface area contributed by atoms with Crippen molar-refractivity contribution in [1.82, 2.24) is 9.97 Å². The van der Waals surface area contributed by atoms with Gasteiger partial charge in [-0.05, 0) is 18.2 Å². The highest BCUT2D eigenvalue weighted by Gasteiger charge is 2.12. The van der Waals surface area contributed by atoms with Gasteiger partial charge in [-0.25, -0.2) is 9.78 Å². The summed E-state index contributed by atoms with van der Waals surface area (Å²) in [4.78, 5) is 29.2.